The van der Waals surface area contributed by atoms with Crippen molar-refractivity contribution in [1.29, 1.82) is 0 Å². The van der Waals surface area contributed by atoms with Crippen LogP contribution in [-0.2, 0) is 16.1 Å². The summed E-state index contributed by atoms with van der Waals surface area (Å²) >= 11 is 12.7. The second-order valence-electron chi connectivity index (χ2n) is 8.41. The Morgan fingerprint density at radius 1 is 1.03 bits per heavy atom. The summed E-state index contributed by atoms with van der Waals surface area (Å²) in [7, 11) is 1.61. The SMILES string of the molecule is CC[C@H](C(=O)NCC(C)C)N(Cc1c(Cl)cccc1Cl)C(=O)CCCOc1ccc(OC)cc1. The number of ether oxygens (including phenoxy) is 2. The molecule has 0 unspecified atom stereocenters. The Labute approximate surface area is 212 Å². The topological polar surface area (TPSA) is 67.9 Å². The molecule has 0 aliphatic rings. The lowest BCUT2D eigenvalue weighted by molar-refractivity contribution is -0.141. The van der Waals surface area contributed by atoms with E-state index in [9.17, 15) is 9.59 Å². The highest BCUT2D eigenvalue weighted by atomic mass is 35.5. The fourth-order valence-electron chi connectivity index (χ4n) is 3.42. The van der Waals surface area contributed by atoms with Gasteiger partial charge in [0, 0.05) is 35.1 Å². The Hall–Kier alpha value is -2.44. The molecular weight excluding hydrogens is 475 g/mol. The molecule has 0 fully saturated rings. The van der Waals surface area contributed by atoms with E-state index in [2.05, 4.69) is 5.32 Å². The highest BCUT2D eigenvalue weighted by Gasteiger charge is 2.29. The van der Waals surface area contributed by atoms with Crippen molar-refractivity contribution >= 4 is 35.0 Å². The third-order valence-electron chi connectivity index (χ3n) is 5.32. The van der Waals surface area contributed by atoms with E-state index in [0.717, 1.165) is 5.75 Å². The maximum atomic E-state index is 13.3. The third kappa shape index (κ3) is 8.41. The molecule has 0 bridgehead atoms. The summed E-state index contributed by atoms with van der Waals surface area (Å²) in [5, 5.41) is 3.87. The lowest BCUT2D eigenvalue weighted by Gasteiger charge is -2.31. The fraction of sp³-hybridized carbons (Fsp3) is 0.462. The molecule has 0 saturated carbocycles. The van der Waals surface area contributed by atoms with Crippen LogP contribution in [0.2, 0.25) is 10.0 Å². The minimum absolute atomic E-state index is 0.152. The molecule has 0 aliphatic carbocycles. The molecule has 0 spiro atoms. The monoisotopic (exact) mass is 508 g/mol. The molecule has 0 aliphatic heterocycles. The fourth-order valence-corrected chi connectivity index (χ4v) is 3.94. The number of carbonyl (C=O) groups is 2. The molecule has 186 valence electrons. The normalized spacial score (nSPS) is 11.7. The molecule has 2 aromatic rings. The zero-order chi connectivity index (χ0) is 25.1. The first-order valence-electron chi connectivity index (χ1n) is 11.5. The molecule has 2 aromatic carbocycles. The van der Waals surface area contributed by atoms with Crippen molar-refractivity contribution in [1.82, 2.24) is 10.2 Å². The van der Waals surface area contributed by atoms with Crippen LogP contribution in [0.25, 0.3) is 0 Å². The highest BCUT2D eigenvalue weighted by molar-refractivity contribution is 6.36. The molecule has 34 heavy (non-hydrogen) atoms. The number of rotatable bonds is 13. The van der Waals surface area contributed by atoms with Gasteiger partial charge in [0.1, 0.15) is 17.5 Å². The summed E-state index contributed by atoms with van der Waals surface area (Å²) in [6.45, 7) is 7.01. The summed E-state index contributed by atoms with van der Waals surface area (Å²) < 4.78 is 10.9. The number of benzene rings is 2. The van der Waals surface area contributed by atoms with E-state index in [1.807, 2.05) is 45.0 Å². The number of carbonyl (C=O) groups excluding carboxylic acids is 2. The van der Waals surface area contributed by atoms with Gasteiger partial charge in [0.2, 0.25) is 11.8 Å². The lowest BCUT2D eigenvalue weighted by Crippen LogP contribution is -2.49. The predicted molar refractivity (Wildman–Crippen MR) is 137 cm³/mol. The highest BCUT2D eigenvalue weighted by Crippen LogP contribution is 2.27. The number of nitrogens with one attached hydrogen (secondary N) is 1. The average molecular weight is 509 g/mol. The zero-order valence-electron chi connectivity index (χ0n) is 20.3. The Bertz CT molecular complexity index is 915. The van der Waals surface area contributed by atoms with Gasteiger partial charge in [-0.3, -0.25) is 9.59 Å². The zero-order valence-corrected chi connectivity index (χ0v) is 21.8. The number of methoxy groups -OCH3 is 1. The van der Waals surface area contributed by atoms with E-state index in [0.29, 0.717) is 53.3 Å². The van der Waals surface area contributed by atoms with Crippen molar-refractivity contribution in [3.63, 3.8) is 0 Å². The minimum Gasteiger partial charge on any atom is -0.497 e. The molecule has 1 N–H and O–H groups in total. The van der Waals surface area contributed by atoms with Gasteiger partial charge in [0.25, 0.3) is 0 Å². The molecule has 8 heteroatoms. The number of nitrogens with zero attached hydrogens (tertiary/aromatic N) is 1. The summed E-state index contributed by atoms with van der Waals surface area (Å²) in [6, 6.07) is 11.9. The summed E-state index contributed by atoms with van der Waals surface area (Å²) in [5.41, 5.74) is 0.628. The molecule has 2 amide bonds. The van der Waals surface area contributed by atoms with Crippen LogP contribution < -0.4 is 14.8 Å². The Morgan fingerprint density at radius 3 is 2.21 bits per heavy atom. The van der Waals surface area contributed by atoms with E-state index in [-0.39, 0.29) is 24.8 Å². The van der Waals surface area contributed by atoms with E-state index >= 15 is 0 Å². The average Bonchev–Trinajstić information content (AvgIpc) is 2.82. The molecule has 2 rings (SSSR count). The smallest absolute Gasteiger partial charge is 0.242 e. The van der Waals surface area contributed by atoms with Crippen molar-refractivity contribution in [2.45, 2.75) is 52.6 Å². The second kappa shape index (κ2) is 14.1. The molecule has 1 atom stereocenters. The van der Waals surface area contributed by atoms with Crippen LogP contribution in [0.4, 0.5) is 0 Å². The molecule has 6 nitrogen and oxygen atoms in total. The van der Waals surface area contributed by atoms with Gasteiger partial charge in [0.15, 0.2) is 0 Å². The standard InChI is InChI=1S/C26H34Cl2N2O4/c1-5-24(26(32)29-16-18(2)3)30(17-21-22(27)8-6-9-23(21)28)25(31)10-7-15-34-20-13-11-19(33-4)12-14-20/h6,8-9,11-14,18,24H,5,7,10,15-17H2,1-4H3,(H,29,32)/t24-/m1/s1. The van der Waals surface area contributed by atoms with Crippen LogP contribution in [0.3, 0.4) is 0 Å². The van der Waals surface area contributed by atoms with Crippen molar-refractivity contribution in [3.8, 4) is 11.5 Å². The van der Waals surface area contributed by atoms with Gasteiger partial charge in [-0.1, -0.05) is 50.0 Å². The molecule has 0 heterocycles. The van der Waals surface area contributed by atoms with Gasteiger partial charge in [-0.05, 0) is 55.2 Å². The van der Waals surface area contributed by atoms with Crippen LogP contribution in [0.5, 0.6) is 11.5 Å². The molecular formula is C26H34Cl2N2O4. The third-order valence-corrected chi connectivity index (χ3v) is 6.03. The number of hydrogen-bond acceptors (Lipinski definition) is 4. The van der Waals surface area contributed by atoms with Gasteiger partial charge >= 0.3 is 0 Å². The van der Waals surface area contributed by atoms with Crippen LogP contribution in [-0.4, -0.2) is 43.0 Å². The van der Waals surface area contributed by atoms with Crippen molar-refractivity contribution < 1.29 is 19.1 Å². The second-order valence-corrected chi connectivity index (χ2v) is 9.23. The van der Waals surface area contributed by atoms with Gasteiger partial charge in [-0.25, -0.2) is 0 Å². The lowest BCUT2D eigenvalue weighted by atomic mass is 10.1. The van der Waals surface area contributed by atoms with Crippen LogP contribution in [0.15, 0.2) is 42.5 Å². The van der Waals surface area contributed by atoms with Gasteiger partial charge < -0.3 is 19.7 Å². The van der Waals surface area contributed by atoms with Gasteiger partial charge in [-0.15, -0.1) is 0 Å². The van der Waals surface area contributed by atoms with Crippen LogP contribution in [0.1, 0.15) is 45.6 Å². The van der Waals surface area contributed by atoms with Crippen LogP contribution >= 0.6 is 23.2 Å². The first-order chi connectivity index (χ1) is 16.3. The van der Waals surface area contributed by atoms with E-state index < -0.39 is 6.04 Å². The van der Waals surface area contributed by atoms with Crippen molar-refractivity contribution in [3.05, 3.63) is 58.1 Å². The number of hydrogen-bond donors (Lipinski definition) is 1. The van der Waals surface area contributed by atoms with Gasteiger partial charge in [0.05, 0.1) is 13.7 Å². The summed E-state index contributed by atoms with van der Waals surface area (Å²) in [5.74, 6) is 1.42. The Morgan fingerprint density at radius 2 is 1.65 bits per heavy atom. The predicted octanol–water partition coefficient (Wildman–Crippen LogP) is 5.74. The van der Waals surface area contributed by atoms with E-state index in [4.69, 9.17) is 32.7 Å². The quantitative estimate of drug-likeness (QED) is 0.350. The molecule has 0 saturated heterocycles. The van der Waals surface area contributed by atoms with E-state index in [1.54, 1.807) is 30.2 Å². The van der Waals surface area contributed by atoms with Gasteiger partial charge in [-0.2, -0.15) is 0 Å². The van der Waals surface area contributed by atoms with Crippen LogP contribution in [0, 0.1) is 5.92 Å². The first kappa shape index (κ1) is 27.8. The van der Waals surface area contributed by atoms with Crippen molar-refractivity contribution in [2.24, 2.45) is 5.92 Å². The Kier molecular flexibility index (Phi) is 11.5. The largest absolute Gasteiger partial charge is 0.497 e. The number of halogens is 2. The maximum absolute atomic E-state index is 13.3. The molecule has 0 aromatic heterocycles. The van der Waals surface area contributed by atoms with Crippen molar-refractivity contribution in [2.75, 3.05) is 20.3 Å². The summed E-state index contributed by atoms with van der Waals surface area (Å²) in [6.07, 6.45) is 1.20. The maximum Gasteiger partial charge on any atom is 0.242 e. The number of amides is 2. The molecule has 0 radical (unpaired) electrons. The Balaban J connectivity index is 2.09. The summed E-state index contributed by atoms with van der Waals surface area (Å²) in [4.78, 5) is 27.8. The minimum atomic E-state index is -0.624. The first-order valence-corrected chi connectivity index (χ1v) is 12.3. The van der Waals surface area contributed by atoms with E-state index in [1.165, 1.54) is 0 Å².